The number of piperazine rings is 1. The van der Waals surface area contributed by atoms with Crippen molar-refractivity contribution in [2.24, 2.45) is 0 Å². The molecule has 2 fully saturated rings. The first kappa shape index (κ1) is 39.3. The molecular formula is C38H53N7O7. The Balaban J connectivity index is 1.13. The van der Waals surface area contributed by atoms with Crippen molar-refractivity contribution in [2.45, 2.75) is 95.3 Å². The lowest BCUT2D eigenvalue weighted by Crippen LogP contribution is -2.58. The van der Waals surface area contributed by atoms with Gasteiger partial charge in [0.15, 0.2) is 6.29 Å². The Kier molecular flexibility index (Phi) is 12.7. The van der Waals surface area contributed by atoms with Gasteiger partial charge in [0.25, 0.3) is 5.91 Å². The zero-order valence-electron chi connectivity index (χ0n) is 31.0. The standard InChI is InChI=1S/C38H53N7O7/c1-7-38(4,21-29-23-45(42-41-29)24-31-32(46)33(47)34(48)36(50-6)52-31)51-17-12-37(2,3)40-35(49)28(22-39)19-25-8-9-27-20-30(11-10-26(27)18-25)44-15-13-43(5)14-16-44/h8-11,18-20,23,31-34,36,46-48H,7,12-17,21,24H2,1-6H3,(H,40,49). The zero-order chi connectivity index (χ0) is 37.6. The fourth-order valence-corrected chi connectivity index (χ4v) is 6.52. The summed E-state index contributed by atoms with van der Waals surface area (Å²) in [5, 5.41) is 54.1. The number of carbonyl (C=O) groups is 1. The van der Waals surface area contributed by atoms with Crippen LogP contribution in [-0.2, 0) is 32.0 Å². The Labute approximate surface area is 305 Å². The molecule has 282 valence electrons. The lowest BCUT2D eigenvalue weighted by Gasteiger charge is -2.39. The molecule has 2 aliphatic heterocycles. The SMILES string of the molecule is CCC(C)(Cc1cn(CC2OC(OC)C(O)C(O)C2O)nn1)OCCC(C)(C)NC(=O)C(C#N)=Cc1ccc2cc(N3CCN(C)CC3)ccc2c1. The minimum Gasteiger partial charge on any atom is -0.388 e. The molecule has 0 bridgehead atoms. The summed E-state index contributed by atoms with van der Waals surface area (Å²) < 4.78 is 18.6. The maximum absolute atomic E-state index is 13.3. The molecule has 6 unspecified atom stereocenters. The molecule has 1 aromatic heterocycles. The van der Waals surface area contributed by atoms with Gasteiger partial charge in [-0.3, -0.25) is 4.79 Å². The van der Waals surface area contributed by atoms with Gasteiger partial charge < -0.3 is 44.6 Å². The third-order valence-corrected chi connectivity index (χ3v) is 10.2. The van der Waals surface area contributed by atoms with Crippen LogP contribution >= 0.6 is 0 Å². The average Bonchev–Trinajstić information content (AvgIpc) is 3.56. The van der Waals surface area contributed by atoms with E-state index in [1.54, 1.807) is 12.3 Å². The molecule has 2 aliphatic rings. The molecule has 5 rings (SSSR count). The van der Waals surface area contributed by atoms with Crippen LogP contribution < -0.4 is 10.2 Å². The molecular weight excluding hydrogens is 666 g/mol. The Bertz CT molecular complexity index is 1750. The van der Waals surface area contributed by atoms with E-state index in [9.17, 15) is 25.4 Å². The number of ether oxygens (including phenoxy) is 3. The highest BCUT2D eigenvalue weighted by Crippen LogP contribution is 2.27. The van der Waals surface area contributed by atoms with E-state index in [1.807, 2.05) is 45.9 Å². The lowest BCUT2D eigenvalue weighted by atomic mass is 9.96. The van der Waals surface area contributed by atoms with E-state index < -0.39 is 47.8 Å². The van der Waals surface area contributed by atoms with Gasteiger partial charge in [0.2, 0.25) is 0 Å². The van der Waals surface area contributed by atoms with Crippen LogP contribution in [0.4, 0.5) is 5.69 Å². The number of amides is 1. The van der Waals surface area contributed by atoms with Crippen LogP contribution in [0, 0.1) is 11.3 Å². The fourth-order valence-electron chi connectivity index (χ4n) is 6.52. The molecule has 0 spiro atoms. The predicted octanol–water partition coefficient (Wildman–Crippen LogP) is 2.26. The average molecular weight is 720 g/mol. The number of hydrogen-bond donors (Lipinski definition) is 4. The Hall–Kier alpha value is -3.94. The van der Waals surface area contributed by atoms with Crippen LogP contribution in [0.2, 0.25) is 0 Å². The number of aliphatic hydroxyl groups is 3. The van der Waals surface area contributed by atoms with Crippen molar-refractivity contribution in [3.05, 3.63) is 59.4 Å². The molecule has 3 aromatic rings. The van der Waals surface area contributed by atoms with Crippen LogP contribution in [0.1, 0.15) is 51.8 Å². The smallest absolute Gasteiger partial charge is 0.262 e. The number of fused-ring (bicyclic) bond motifs is 1. The Morgan fingerprint density at radius 2 is 1.79 bits per heavy atom. The number of hydrogen-bond acceptors (Lipinski definition) is 12. The van der Waals surface area contributed by atoms with Gasteiger partial charge in [-0.05, 0) is 81.3 Å². The fraction of sp³-hybridized carbons (Fsp3) is 0.579. The van der Waals surface area contributed by atoms with Gasteiger partial charge in [-0.15, -0.1) is 5.10 Å². The van der Waals surface area contributed by atoms with Gasteiger partial charge in [0.1, 0.15) is 36.1 Å². The number of methoxy groups -OCH3 is 1. The summed E-state index contributed by atoms with van der Waals surface area (Å²) in [5.41, 5.74) is 1.43. The normalized spacial score (nSPS) is 24.4. The van der Waals surface area contributed by atoms with E-state index in [4.69, 9.17) is 14.2 Å². The van der Waals surface area contributed by atoms with Gasteiger partial charge in [-0.2, -0.15) is 5.26 Å². The van der Waals surface area contributed by atoms with E-state index in [-0.39, 0.29) is 12.1 Å². The molecule has 14 heteroatoms. The topological polar surface area (TPSA) is 178 Å². The van der Waals surface area contributed by atoms with Crippen molar-refractivity contribution < 1.29 is 34.3 Å². The van der Waals surface area contributed by atoms with Crippen LogP contribution in [0.3, 0.4) is 0 Å². The third kappa shape index (κ3) is 9.73. The van der Waals surface area contributed by atoms with Crippen molar-refractivity contribution >= 4 is 28.4 Å². The summed E-state index contributed by atoms with van der Waals surface area (Å²) >= 11 is 0. The molecule has 0 radical (unpaired) electrons. The highest BCUT2D eigenvalue weighted by molar-refractivity contribution is 6.02. The summed E-state index contributed by atoms with van der Waals surface area (Å²) in [4.78, 5) is 18.0. The Morgan fingerprint density at radius 1 is 1.08 bits per heavy atom. The molecule has 14 nitrogen and oxygen atoms in total. The Morgan fingerprint density at radius 3 is 2.48 bits per heavy atom. The molecule has 0 aliphatic carbocycles. The van der Waals surface area contributed by atoms with Crippen LogP contribution in [-0.4, -0.2) is 130 Å². The number of nitrogens with one attached hydrogen (secondary N) is 1. The first-order chi connectivity index (χ1) is 24.7. The quantitative estimate of drug-likeness (QED) is 0.141. The van der Waals surface area contributed by atoms with Gasteiger partial charge in [0, 0.05) is 63.7 Å². The molecule has 3 heterocycles. The molecule has 2 aromatic carbocycles. The van der Waals surface area contributed by atoms with E-state index in [1.165, 1.54) is 17.5 Å². The van der Waals surface area contributed by atoms with Crippen LogP contribution in [0.15, 0.2) is 48.2 Å². The van der Waals surface area contributed by atoms with Gasteiger partial charge in [-0.1, -0.05) is 30.3 Å². The number of likely N-dealkylation sites (N-methyl/N-ethyl adjacent to an activating group) is 1. The second-order valence-corrected chi connectivity index (χ2v) is 14.9. The van der Waals surface area contributed by atoms with Gasteiger partial charge in [-0.25, -0.2) is 4.68 Å². The van der Waals surface area contributed by atoms with E-state index in [0.29, 0.717) is 31.6 Å². The number of carbonyl (C=O) groups excluding carboxylic acids is 1. The lowest BCUT2D eigenvalue weighted by molar-refractivity contribution is -0.292. The number of aromatic nitrogens is 3. The molecule has 0 saturated carbocycles. The first-order valence-electron chi connectivity index (χ1n) is 17.9. The van der Waals surface area contributed by atoms with E-state index in [0.717, 1.165) is 42.5 Å². The zero-order valence-corrected chi connectivity index (χ0v) is 31.0. The van der Waals surface area contributed by atoms with Crippen LogP contribution in [0.25, 0.3) is 16.8 Å². The molecule has 52 heavy (non-hydrogen) atoms. The van der Waals surface area contributed by atoms with E-state index in [2.05, 4.69) is 56.7 Å². The number of rotatable bonds is 14. The highest BCUT2D eigenvalue weighted by Gasteiger charge is 2.44. The van der Waals surface area contributed by atoms with Crippen molar-refractivity contribution in [3.8, 4) is 6.07 Å². The maximum Gasteiger partial charge on any atom is 0.262 e. The maximum atomic E-state index is 13.3. The minimum absolute atomic E-state index is 0.0263. The summed E-state index contributed by atoms with van der Waals surface area (Å²) in [6, 6.07) is 14.5. The summed E-state index contributed by atoms with van der Waals surface area (Å²) in [7, 11) is 3.49. The third-order valence-electron chi connectivity index (χ3n) is 10.2. The summed E-state index contributed by atoms with van der Waals surface area (Å²) in [6.45, 7) is 12.3. The number of anilines is 1. The van der Waals surface area contributed by atoms with Gasteiger partial charge >= 0.3 is 0 Å². The van der Waals surface area contributed by atoms with Crippen molar-refractivity contribution in [3.63, 3.8) is 0 Å². The van der Waals surface area contributed by atoms with Crippen molar-refractivity contribution in [2.75, 3.05) is 51.8 Å². The summed E-state index contributed by atoms with van der Waals surface area (Å²) in [6.07, 6.45) is -1.08. The molecule has 2 saturated heterocycles. The predicted molar refractivity (Wildman–Crippen MR) is 196 cm³/mol. The minimum atomic E-state index is -1.42. The number of nitriles is 1. The first-order valence-corrected chi connectivity index (χ1v) is 17.9. The second kappa shape index (κ2) is 16.8. The van der Waals surface area contributed by atoms with Crippen molar-refractivity contribution in [1.82, 2.24) is 25.2 Å². The number of benzene rings is 2. The van der Waals surface area contributed by atoms with Crippen molar-refractivity contribution in [1.29, 1.82) is 5.26 Å². The number of aliphatic hydroxyl groups excluding tert-OH is 3. The summed E-state index contributed by atoms with van der Waals surface area (Å²) in [5.74, 6) is -0.446. The van der Waals surface area contributed by atoms with Gasteiger partial charge in [0.05, 0.1) is 17.8 Å². The van der Waals surface area contributed by atoms with E-state index >= 15 is 0 Å². The molecule has 1 amide bonds. The molecule has 6 atom stereocenters. The second-order valence-electron chi connectivity index (χ2n) is 14.9. The monoisotopic (exact) mass is 719 g/mol. The molecule has 4 N–H and O–H groups in total. The highest BCUT2D eigenvalue weighted by atomic mass is 16.7. The largest absolute Gasteiger partial charge is 0.388 e. The number of nitrogens with zero attached hydrogens (tertiary/aromatic N) is 6. The van der Waals surface area contributed by atoms with Crippen LogP contribution in [0.5, 0.6) is 0 Å².